The molecule has 0 rings (SSSR count). The Labute approximate surface area is 90.6 Å². The van der Waals surface area contributed by atoms with E-state index in [9.17, 15) is 15.0 Å². The summed E-state index contributed by atoms with van der Waals surface area (Å²) in [6.07, 6.45) is -0.224. The average Bonchev–Trinajstić information content (AvgIpc) is 2.12. The van der Waals surface area contributed by atoms with Crippen molar-refractivity contribution in [3.8, 4) is 0 Å². The third-order valence-corrected chi connectivity index (χ3v) is 1.85. The largest absolute Gasteiger partial charge is 0.462 e. The van der Waals surface area contributed by atoms with Crippen molar-refractivity contribution in [2.75, 3.05) is 6.61 Å². The molecule has 88 valence electrons. The van der Waals surface area contributed by atoms with Gasteiger partial charge < -0.3 is 14.9 Å². The van der Waals surface area contributed by atoms with Gasteiger partial charge in [-0.1, -0.05) is 6.08 Å². The van der Waals surface area contributed by atoms with Gasteiger partial charge in [-0.3, -0.25) is 4.79 Å². The van der Waals surface area contributed by atoms with Crippen LogP contribution in [0.2, 0.25) is 0 Å². The fourth-order valence-electron chi connectivity index (χ4n) is 0.816. The molecule has 0 saturated heterocycles. The maximum Gasteiger partial charge on any atom is 0.311 e. The van der Waals surface area contributed by atoms with Crippen LogP contribution in [-0.2, 0) is 9.53 Å². The number of hydrogen-bond acceptors (Lipinski definition) is 4. The number of rotatable bonds is 5. The number of carbonyl (C=O) groups excluding carboxylic acids is 1. The minimum atomic E-state index is -1.06. The van der Waals surface area contributed by atoms with Crippen molar-refractivity contribution >= 4 is 5.97 Å². The Hall–Kier alpha value is -0.870. The second kappa shape index (κ2) is 5.88. The smallest absolute Gasteiger partial charge is 0.311 e. The highest BCUT2D eigenvalue weighted by atomic mass is 16.5. The molecule has 0 saturated carbocycles. The fraction of sp³-hybridized carbons (Fsp3) is 0.727. The van der Waals surface area contributed by atoms with Crippen molar-refractivity contribution in [3.63, 3.8) is 0 Å². The molecule has 0 spiro atoms. The highest BCUT2D eigenvalue weighted by molar-refractivity contribution is 5.75. The average molecular weight is 216 g/mol. The van der Waals surface area contributed by atoms with Gasteiger partial charge in [-0.25, -0.2) is 0 Å². The Morgan fingerprint density at radius 2 is 1.93 bits per heavy atom. The summed E-state index contributed by atoms with van der Waals surface area (Å²) in [4.78, 5) is 11.3. The summed E-state index contributed by atoms with van der Waals surface area (Å²) in [5, 5.41) is 18.7. The minimum Gasteiger partial charge on any atom is -0.462 e. The number of aliphatic hydroxyl groups excluding tert-OH is 2. The van der Waals surface area contributed by atoms with Gasteiger partial charge in [0.1, 0.15) is 12.7 Å². The summed E-state index contributed by atoms with van der Waals surface area (Å²) in [6, 6.07) is 0. The Kier molecular flexibility index (Phi) is 5.54. The van der Waals surface area contributed by atoms with Crippen LogP contribution in [0.15, 0.2) is 12.7 Å². The molecule has 0 aliphatic carbocycles. The van der Waals surface area contributed by atoms with Gasteiger partial charge in [-0.15, -0.1) is 6.58 Å². The first-order valence-electron chi connectivity index (χ1n) is 4.93. The molecule has 0 amide bonds. The van der Waals surface area contributed by atoms with Gasteiger partial charge in [0.2, 0.25) is 0 Å². The molecule has 15 heavy (non-hydrogen) atoms. The van der Waals surface area contributed by atoms with Gasteiger partial charge in [0, 0.05) is 0 Å². The van der Waals surface area contributed by atoms with Crippen molar-refractivity contribution in [2.24, 2.45) is 5.41 Å². The van der Waals surface area contributed by atoms with Crippen molar-refractivity contribution in [3.05, 3.63) is 12.7 Å². The number of esters is 1. The standard InChI is InChI=1S/C11H20O4/c1-5-6-8(12)9(13)7-15-10(14)11(2,3)4/h5,8-9,12-13H,1,6-7H2,2-4H3/t8-,9+/m0/s1. The van der Waals surface area contributed by atoms with Gasteiger partial charge in [0.05, 0.1) is 11.5 Å². The summed E-state index contributed by atoms with van der Waals surface area (Å²) in [5.74, 6) is -0.396. The van der Waals surface area contributed by atoms with E-state index in [4.69, 9.17) is 4.74 Å². The van der Waals surface area contributed by atoms with E-state index >= 15 is 0 Å². The third-order valence-electron chi connectivity index (χ3n) is 1.85. The van der Waals surface area contributed by atoms with E-state index in [2.05, 4.69) is 6.58 Å². The van der Waals surface area contributed by atoms with Crippen LogP contribution in [-0.4, -0.2) is 35.0 Å². The highest BCUT2D eigenvalue weighted by Crippen LogP contribution is 2.15. The van der Waals surface area contributed by atoms with Crippen LogP contribution < -0.4 is 0 Å². The lowest BCUT2D eigenvalue weighted by molar-refractivity contribution is -0.158. The van der Waals surface area contributed by atoms with Gasteiger partial charge in [0.25, 0.3) is 0 Å². The van der Waals surface area contributed by atoms with Crippen LogP contribution in [0, 0.1) is 5.41 Å². The summed E-state index contributed by atoms with van der Waals surface area (Å²) in [5.41, 5.74) is -0.594. The molecular formula is C11H20O4. The van der Waals surface area contributed by atoms with Crippen molar-refractivity contribution in [2.45, 2.75) is 39.4 Å². The van der Waals surface area contributed by atoms with Crippen molar-refractivity contribution in [1.82, 2.24) is 0 Å². The normalized spacial score (nSPS) is 15.5. The Balaban J connectivity index is 3.95. The molecule has 0 unspecified atom stereocenters. The first-order valence-corrected chi connectivity index (χ1v) is 4.93. The molecule has 2 atom stereocenters. The van der Waals surface area contributed by atoms with E-state index in [-0.39, 0.29) is 13.0 Å². The van der Waals surface area contributed by atoms with Gasteiger partial charge in [0.15, 0.2) is 0 Å². The monoisotopic (exact) mass is 216 g/mol. The molecule has 0 radical (unpaired) electrons. The first-order chi connectivity index (χ1) is 6.79. The zero-order valence-corrected chi connectivity index (χ0v) is 9.56. The predicted octanol–water partition coefficient (Wildman–Crippen LogP) is 0.874. The first kappa shape index (κ1) is 14.1. The molecule has 0 aliphatic heterocycles. The lowest BCUT2D eigenvalue weighted by atomic mass is 9.97. The Morgan fingerprint density at radius 1 is 1.40 bits per heavy atom. The maximum atomic E-state index is 11.3. The topological polar surface area (TPSA) is 66.8 Å². The van der Waals surface area contributed by atoms with E-state index in [1.807, 2.05) is 0 Å². The summed E-state index contributed by atoms with van der Waals surface area (Å²) in [7, 11) is 0. The molecule has 0 aliphatic rings. The third kappa shape index (κ3) is 5.54. The summed E-state index contributed by atoms with van der Waals surface area (Å²) in [6.45, 7) is 8.42. The molecule has 0 heterocycles. The zero-order valence-electron chi connectivity index (χ0n) is 9.56. The van der Waals surface area contributed by atoms with Crippen LogP contribution >= 0.6 is 0 Å². The Bertz CT molecular complexity index is 217. The summed E-state index contributed by atoms with van der Waals surface area (Å²) < 4.78 is 4.85. The molecule has 0 fully saturated rings. The van der Waals surface area contributed by atoms with Crippen molar-refractivity contribution < 1.29 is 19.7 Å². The van der Waals surface area contributed by atoms with E-state index in [0.717, 1.165) is 0 Å². The Morgan fingerprint density at radius 3 is 2.33 bits per heavy atom. The van der Waals surface area contributed by atoms with E-state index in [1.54, 1.807) is 20.8 Å². The number of aliphatic hydroxyl groups is 2. The minimum absolute atomic E-state index is 0.189. The van der Waals surface area contributed by atoms with Crippen LogP contribution in [0.5, 0.6) is 0 Å². The molecule has 2 N–H and O–H groups in total. The molecular weight excluding hydrogens is 196 g/mol. The number of hydrogen-bond donors (Lipinski definition) is 2. The van der Waals surface area contributed by atoms with Crippen LogP contribution in [0.4, 0.5) is 0 Å². The van der Waals surface area contributed by atoms with Crippen LogP contribution in [0.3, 0.4) is 0 Å². The lowest BCUT2D eigenvalue weighted by Crippen LogP contribution is -2.33. The highest BCUT2D eigenvalue weighted by Gasteiger charge is 2.25. The quantitative estimate of drug-likeness (QED) is 0.528. The predicted molar refractivity (Wildman–Crippen MR) is 57.2 cm³/mol. The van der Waals surface area contributed by atoms with Gasteiger partial charge >= 0.3 is 5.97 Å². The molecule has 4 nitrogen and oxygen atoms in total. The second-order valence-corrected chi connectivity index (χ2v) is 4.51. The summed E-state index contributed by atoms with van der Waals surface area (Å²) >= 11 is 0. The molecule has 4 heteroatoms. The second-order valence-electron chi connectivity index (χ2n) is 4.51. The maximum absolute atomic E-state index is 11.3. The fourth-order valence-corrected chi connectivity index (χ4v) is 0.816. The molecule has 0 aromatic carbocycles. The molecule has 0 bridgehead atoms. The molecule has 0 aromatic rings. The molecule has 0 aromatic heterocycles. The number of ether oxygens (including phenoxy) is 1. The van der Waals surface area contributed by atoms with E-state index in [0.29, 0.717) is 0 Å². The van der Waals surface area contributed by atoms with E-state index in [1.165, 1.54) is 6.08 Å². The van der Waals surface area contributed by atoms with E-state index < -0.39 is 23.6 Å². The van der Waals surface area contributed by atoms with Gasteiger partial charge in [-0.05, 0) is 27.2 Å². The number of carbonyl (C=O) groups is 1. The zero-order chi connectivity index (χ0) is 12.1. The van der Waals surface area contributed by atoms with Crippen LogP contribution in [0.25, 0.3) is 0 Å². The van der Waals surface area contributed by atoms with Gasteiger partial charge in [-0.2, -0.15) is 0 Å². The SMILES string of the molecule is C=CC[C@H](O)[C@H](O)COC(=O)C(C)(C)C. The van der Waals surface area contributed by atoms with Crippen molar-refractivity contribution in [1.29, 1.82) is 0 Å². The van der Waals surface area contributed by atoms with Crippen LogP contribution in [0.1, 0.15) is 27.2 Å². The lowest BCUT2D eigenvalue weighted by Gasteiger charge is -2.20.